The molecular weight excluding hydrogens is 288 g/mol. The van der Waals surface area contributed by atoms with Gasteiger partial charge in [0.1, 0.15) is 0 Å². The Morgan fingerprint density at radius 3 is 2.83 bits per heavy atom. The lowest BCUT2D eigenvalue weighted by Crippen LogP contribution is -2.20. The van der Waals surface area contributed by atoms with Gasteiger partial charge < -0.3 is 5.32 Å². The van der Waals surface area contributed by atoms with E-state index in [0.29, 0.717) is 5.56 Å². The average Bonchev–Trinajstić information content (AvgIpc) is 2.99. The van der Waals surface area contributed by atoms with E-state index in [4.69, 9.17) is 5.26 Å². The van der Waals surface area contributed by atoms with E-state index < -0.39 is 0 Å². The fraction of sp³-hybridized carbons (Fsp3) is 0.533. The van der Waals surface area contributed by atoms with Gasteiger partial charge >= 0.3 is 0 Å². The second-order valence-corrected chi connectivity index (χ2v) is 6.48. The molecule has 0 heterocycles. The molecule has 2 nitrogen and oxygen atoms in total. The molecular formula is C15H17BrN2. The van der Waals surface area contributed by atoms with Crippen LogP contribution in [0.1, 0.15) is 31.2 Å². The molecule has 3 heteroatoms. The van der Waals surface area contributed by atoms with Gasteiger partial charge in [0.2, 0.25) is 0 Å². The Hall–Kier alpha value is -1.01. The van der Waals surface area contributed by atoms with Gasteiger partial charge in [-0.3, -0.25) is 0 Å². The minimum Gasteiger partial charge on any atom is -0.384 e. The van der Waals surface area contributed by atoms with Crippen LogP contribution in [0, 0.1) is 29.1 Å². The van der Waals surface area contributed by atoms with Crippen LogP contribution in [-0.2, 0) is 0 Å². The number of halogens is 1. The third-order valence-electron chi connectivity index (χ3n) is 4.54. The third-order valence-corrected chi connectivity index (χ3v) is 5.19. The van der Waals surface area contributed by atoms with Crippen LogP contribution in [0.25, 0.3) is 0 Å². The lowest BCUT2D eigenvalue weighted by molar-refractivity contribution is 0.348. The average molecular weight is 305 g/mol. The summed E-state index contributed by atoms with van der Waals surface area (Å²) in [7, 11) is 0. The molecule has 1 N–H and O–H groups in total. The van der Waals surface area contributed by atoms with Crippen LogP contribution in [-0.4, -0.2) is 6.54 Å². The summed E-state index contributed by atoms with van der Waals surface area (Å²) in [6.45, 7) is 1.08. The molecule has 2 aliphatic carbocycles. The monoisotopic (exact) mass is 304 g/mol. The highest BCUT2D eigenvalue weighted by Gasteiger charge is 2.39. The summed E-state index contributed by atoms with van der Waals surface area (Å²) in [4.78, 5) is 0. The molecule has 2 aliphatic rings. The number of hydrogen-bond acceptors (Lipinski definition) is 2. The third kappa shape index (κ3) is 2.27. The molecule has 1 aromatic rings. The van der Waals surface area contributed by atoms with Crippen LogP contribution in [0.5, 0.6) is 0 Å². The Balaban J connectivity index is 1.62. The number of anilines is 1. The van der Waals surface area contributed by atoms with Gasteiger partial charge in [0.15, 0.2) is 0 Å². The summed E-state index contributed by atoms with van der Waals surface area (Å²) in [5, 5.41) is 12.4. The number of hydrogen-bond donors (Lipinski definition) is 1. The van der Waals surface area contributed by atoms with Gasteiger partial charge in [0, 0.05) is 16.7 Å². The standard InChI is InChI=1S/C15H17BrN2/c16-14-7-11(8-17)2-4-15(14)18-9-13-6-10-1-3-12(13)5-10/h2,4,7,10,12-13,18H,1,3,5-6,9H2. The maximum Gasteiger partial charge on any atom is 0.0992 e. The molecule has 0 saturated heterocycles. The first-order valence-corrected chi connectivity index (χ1v) is 7.49. The van der Waals surface area contributed by atoms with Crippen molar-refractivity contribution in [3.05, 3.63) is 28.2 Å². The van der Waals surface area contributed by atoms with E-state index in [-0.39, 0.29) is 0 Å². The maximum atomic E-state index is 8.84. The second-order valence-electron chi connectivity index (χ2n) is 5.62. The molecule has 0 aromatic heterocycles. The van der Waals surface area contributed by atoms with E-state index >= 15 is 0 Å². The predicted octanol–water partition coefficient (Wildman–Crippen LogP) is 4.17. The number of benzene rings is 1. The summed E-state index contributed by atoms with van der Waals surface area (Å²) in [6.07, 6.45) is 5.76. The smallest absolute Gasteiger partial charge is 0.0992 e. The first-order chi connectivity index (χ1) is 8.76. The van der Waals surface area contributed by atoms with Crippen molar-refractivity contribution in [1.82, 2.24) is 0 Å². The van der Waals surface area contributed by atoms with E-state index in [2.05, 4.69) is 27.3 Å². The molecule has 2 saturated carbocycles. The fourth-order valence-corrected chi connectivity index (χ4v) is 4.11. The molecule has 1 aromatic carbocycles. The van der Waals surface area contributed by atoms with Gasteiger partial charge in [0.25, 0.3) is 0 Å². The molecule has 3 atom stereocenters. The largest absolute Gasteiger partial charge is 0.384 e. The Kier molecular flexibility index (Phi) is 3.30. The minimum atomic E-state index is 0.701. The Morgan fingerprint density at radius 2 is 2.22 bits per heavy atom. The Labute approximate surface area is 117 Å². The van der Waals surface area contributed by atoms with E-state index in [1.807, 2.05) is 18.2 Å². The Morgan fingerprint density at radius 1 is 1.33 bits per heavy atom. The number of nitrogens with one attached hydrogen (secondary N) is 1. The van der Waals surface area contributed by atoms with Crippen LogP contribution in [0.3, 0.4) is 0 Å². The highest BCUT2D eigenvalue weighted by atomic mass is 79.9. The summed E-state index contributed by atoms with van der Waals surface area (Å²) in [5.41, 5.74) is 1.81. The molecule has 0 radical (unpaired) electrons. The molecule has 0 amide bonds. The fourth-order valence-electron chi connectivity index (χ4n) is 3.60. The van der Waals surface area contributed by atoms with Crippen LogP contribution in [0.4, 0.5) is 5.69 Å². The maximum absolute atomic E-state index is 8.84. The normalized spacial score (nSPS) is 29.2. The van der Waals surface area contributed by atoms with E-state index in [1.54, 1.807) is 0 Å². The lowest BCUT2D eigenvalue weighted by atomic mass is 9.89. The van der Waals surface area contributed by atoms with Crippen molar-refractivity contribution < 1.29 is 0 Å². The van der Waals surface area contributed by atoms with Crippen molar-refractivity contribution in [2.45, 2.75) is 25.7 Å². The highest BCUT2D eigenvalue weighted by Crippen LogP contribution is 2.48. The van der Waals surface area contributed by atoms with Gasteiger partial charge in [-0.25, -0.2) is 0 Å². The first-order valence-electron chi connectivity index (χ1n) is 6.70. The van der Waals surface area contributed by atoms with E-state index in [0.717, 1.165) is 34.5 Å². The number of rotatable bonds is 3. The van der Waals surface area contributed by atoms with Crippen LogP contribution in [0.2, 0.25) is 0 Å². The zero-order valence-corrected chi connectivity index (χ0v) is 11.9. The summed E-state index contributed by atoms with van der Waals surface area (Å²) in [5.74, 6) is 2.82. The van der Waals surface area contributed by atoms with Gasteiger partial charge in [0.05, 0.1) is 11.6 Å². The predicted molar refractivity (Wildman–Crippen MR) is 76.3 cm³/mol. The summed E-state index contributed by atoms with van der Waals surface area (Å²) >= 11 is 3.52. The SMILES string of the molecule is N#Cc1ccc(NCC2CC3CCC2C3)c(Br)c1. The van der Waals surface area contributed by atoms with Gasteiger partial charge in [-0.05, 0) is 71.1 Å². The Bertz CT molecular complexity index is 492. The number of fused-ring (bicyclic) bond motifs is 2. The van der Waals surface area contributed by atoms with Crippen molar-refractivity contribution in [1.29, 1.82) is 5.26 Å². The lowest BCUT2D eigenvalue weighted by Gasteiger charge is -2.22. The van der Waals surface area contributed by atoms with Crippen molar-refractivity contribution in [3.63, 3.8) is 0 Å². The quantitative estimate of drug-likeness (QED) is 0.910. The van der Waals surface area contributed by atoms with Crippen molar-refractivity contribution in [3.8, 4) is 6.07 Å². The summed E-state index contributed by atoms with van der Waals surface area (Å²) in [6, 6.07) is 7.90. The molecule has 3 rings (SSSR count). The molecule has 2 bridgehead atoms. The zero-order valence-electron chi connectivity index (χ0n) is 10.3. The topological polar surface area (TPSA) is 35.8 Å². The molecule has 0 aliphatic heterocycles. The molecule has 94 valence electrons. The van der Waals surface area contributed by atoms with Gasteiger partial charge in [-0.1, -0.05) is 6.42 Å². The molecule has 2 fully saturated rings. The van der Waals surface area contributed by atoms with Crippen LogP contribution < -0.4 is 5.32 Å². The number of nitrogens with zero attached hydrogens (tertiary/aromatic N) is 1. The van der Waals surface area contributed by atoms with Gasteiger partial charge in [-0.15, -0.1) is 0 Å². The van der Waals surface area contributed by atoms with Crippen molar-refractivity contribution >= 4 is 21.6 Å². The molecule has 0 spiro atoms. The first kappa shape index (κ1) is 12.0. The highest BCUT2D eigenvalue weighted by molar-refractivity contribution is 9.10. The van der Waals surface area contributed by atoms with Crippen molar-refractivity contribution in [2.24, 2.45) is 17.8 Å². The molecule has 18 heavy (non-hydrogen) atoms. The minimum absolute atomic E-state index is 0.701. The molecule has 3 unspecified atom stereocenters. The van der Waals surface area contributed by atoms with Gasteiger partial charge in [-0.2, -0.15) is 5.26 Å². The van der Waals surface area contributed by atoms with Crippen molar-refractivity contribution in [2.75, 3.05) is 11.9 Å². The number of nitriles is 1. The van der Waals surface area contributed by atoms with Crippen LogP contribution >= 0.6 is 15.9 Å². The zero-order chi connectivity index (χ0) is 12.5. The van der Waals surface area contributed by atoms with E-state index in [1.165, 1.54) is 25.7 Å². The van der Waals surface area contributed by atoms with E-state index in [9.17, 15) is 0 Å². The summed E-state index contributed by atoms with van der Waals surface area (Å²) < 4.78 is 0.990. The van der Waals surface area contributed by atoms with Crippen LogP contribution in [0.15, 0.2) is 22.7 Å². The second kappa shape index (κ2) is 4.93.